The summed E-state index contributed by atoms with van der Waals surface area (Å²) in [4.78, 5) is 21.3. The van der Waals surface area contributed by atoms with Gasteiger partial charge in [0.2, 0.25) is 5.91 Å². The molecule has 4 rings (SSSR count). The fourth-order valence-corrected chi connectivity index (χ4v) is 3.74. The van der Waals surface area contributed by atoms with Crippen LogP contribution >= 0.6 is 15.9 Å². The molecule has 0 aliphatic rings. The summed E-state index contributed by atoms with van der Waals surface area (Å²) in [5.41, 5.74) is 4.52. The maximum Gasteiger partial charge on any atom is 0.252 e. The molecule has 3 aromatic heterocycles. The van der Waals surface area contributed by atoms with E-state index in [2.05, 4.69) is 41.4 Å². The summed E-state index contributed by atoms with van der Waals surface area (Å²) < 4.78 is 4.38. The van der Waals surface area contributed by atoms with Crippen molar-refractivity contribution in [2.45, 2.75) is 33.6 Å². The third kappa shape index (κ3) is 3.91. The lowest BCUT2D eigenvalue weighted by Gasteiger charge is -2.11. The average Bonchev–Trinajstić information content (AvgIpc) is 3.28. The van der Waals surface area contributed by atoms with Crippen molar-refractivity contribution in [2.75, 3.05) is 5.32 Å². The molecule has 3 heterocycles. The fraction of sp³-hybridized carbons (Fsp3) is 0.250. The molecule has 0 fully saturated rings. The molecular formula is C20H20BrN7O. The van der Waals surface area contributed by atoms with E-state index < -0.39 is 0 Å². The molecule has 0 aliphatic heterocycles. The first-order valence-electron chi connectivity index (χ1n) is 9.20. The first-order chi connectivity index (χ1) is 13.9. The van der Waals surface area contributed by atoms with E-state index in [0.717, 1.165) is 32.8 Å². The number of nitrogens with one attached hydrogen (secondary N) is 1. The van der Waals surface area contributed by atoms with E-state index in [0.29, 0.717) is 24.4 Å². The van der Waals surface area contributed by atoms with Crippen LogP contribution in [-0.4, -0.2) is 35.3 Å². The molecule has 0 unspecified atom stereocenters. The smallest absolute Gasteiger partial charge is 0.252 e. The quantitative estimate of drug-likeness (QED) is 0.498. The number of amides is 1. The first-order valence-corrected chi connectivity index (χ1v) is 10.00. The van der Waals surface area contributed by atoms with Crippen LogP contribution in [0.25, 0.3) is 11.5 Å². The second-order valence-electron chi connectivity index (χ2n) is 6.84. The summed E-state index contributed by atoms with van der Waals surface area (Å²) in [5.74, 6) is 1.13. The van der Waals surface area contributed by atoms with Gasteiger partial charge in [0.25, 0.3) is 5.78 Å². The van der Waals surface area contributed by atoms with Crippen molar-refractivity contribution in [3.05, 3.63) is 63.8 Å². The molecule has 0 radical (unpaired) electrons. The van der Waals surface area contributed by atoms with Crippen LogP contribution < -0.4 is 5.32 Å². The Morgan fingerprint density at radius 3 is 2.83 bits per heavy atom. The van der Waals surface area contributed by atoms with Gasteiger partial charge in [-0.05, 0) is 51.0 Å². The summed E-state index contributed by atoms with van der Waals surface area (Å²) >= 11 is 3.47. The van der Waals surface area contributed by atoms with Gasteiger partial charge in [0.15, 0.2) is 0 Å². The van der Waals surface area contributed by atoms with Gasteiger partial charge in [-0.15, -0.1) is 0 Å². The number of hydrogen-bond donors (Lipinski definition) is 1. The van der Waals surface area contributed by atoms with Crippen LogP contribution in [0.3, 0.4) is 0 Å². The zero-order chi connectivity index (χ0) is 20.5. The minimum absolute atomic E-state index is 0.0846. The number of anilines is 1. The Labute approximate surface area is 176 Å². The molecule has 148 valence electrons. The van der Waals surface area contributed by atoms with E-state index in [4.69, 9.17) is 0 Å². The number of rotatable bonds is 5. The number of carbonyl (C=O) groups excluding carboxylic acids is 1. The maximum atomic E-state index is 12.7. The molecule has 0 saturated heterocycles. The number of hydrogen-bond acceptors (Lipinski definition) is 5. The van der Waals surface area contributed by atoms with Crippen molar-refractivity contribution in [1.82, 2.24) is 29.4 Å². The lowest BCUT2D eigenvalue weighted by Crippen LogP contribution is -2.16. The molecule has 29 heavy (non-hydrogen) atoms. The van der Waals surface area contributed by atoms with Crippen LogP contribution in [-0.2, 0) is 11.2 Å². The Kier molecular flexibility index (Phi) is 5.14. The highest BCUT2D eigenvalue weighted by Crippen LogP contribution is 2.21. The maximum absolute atomic E-state index is 12.7. The summed E-state index contributed by atoms with van der Waals surface area (Å²) in [5, 5.41) is 11.7. The lowest BCUT2D eigenvalue weighted by atomic mass is 10.1. The van der Waals surface area contributed by atoms with Gasteiger partial charge in [0.1, 0.15) is 12.1 Å². The lowest BCUT2D eigenvalue weighted by molar-refractivity contribution is -0.116. The van der Waals surface area contributed by atoms with Gasteiger partial charge in [-0.3, -0.25) is 4.79 Å². The summed E-state index contributed by atoms with van der Waals surface area (Å²) in [6.45, 7) is 5.80. The molecule has 1 N–H and O–H groups in total. The Morgan fingerprint density at radius 2 is 2.03 bits per heavy atom. The van der Waals surface area contributed by atoms with Gasteiger partial charge < -0.3 is 5.32 Å². The van der Waals surface area contributed by atoms with Gasteiger partial charge >= 0.3 is 0 Å². The number of fused-ring (bicyclic) bond motifs is 1. The van der Waals surface area contributed by atoms with Crippen LogP contribution in [0, 0.1) is 20.8 Å². The van der Waals surface area contributed by atoms with E-state index in [1.807, 2.05) is 51.1 Å². The molecule has 4 aromatic rings. The number of nitrogens with zero attached hydrogens (tertiary/aromatic N) is 6. The predicted octanol–water partition coefficient (Wildman–Crippen LogP) is 3.57. The minimum atomic E-state index is -0.0846. The zero-order valence-corrected chi connectivity index (χ0v) is 17.9. The predicted molar refractivity (Wildman–Crippen MR) is 113 cm³/mol. The Balaban J connectivity index is 1.52. The van der Waals surface area contributed by atoms with Gasteiger partial charge in [-0.2, -0.15) is 15.2 Å². The van der Waals surface area contributed by atoms with Crippen molar-refractivity contribution in [3.63, 3.8) is 0 Å². The molecule has 0 spiro atoms. The molecule has 8 nitrogen and oxygen atoms in total. The van der Waals surface area contributed by atoms with Crippen molar-refractivity contribution in [3.8, 4) is 5.69 Å². The second-order valence-corrected chi connectivity index (χ2v) is 7.76. The number of aromatic nitrogens is 6. The van der Waals surface area contributed by atoms with E-state index in [1.54, 1.807) is 9.20 Å². The van der Waals surface area contributed by atoms with Crippen LogP contribution in [0.15, 0.2) is 41.1 Å². The second kappa shape index (κ2) is 7.75. The van der Waals surface area contributed by atoms with Crippen LogP contribution in [0.1, 0.15) is 29.1 Å². The molecule has 0 saturated carbocycles. The highest BCUT2D eigenvalue weighted by molar-refractivity contribution is 9.10. The van der Waals surface area contributed by atoms with Crippen molar-refractivity contribution < 1.29 is 4.79 Å². The fourth-order valence-electron chi connectivity index (χ4n) is 3.35. The highest BCUT2D eigenvalue weighted by atomic mass is 79.9. The van der Waals surface area contributed by atoms with Gasteiger partial charge in [0, 0.05) is 28.3 Å². The number of carbonyl (C=O) groups is 1. The Bertz CT molecular complexity index is 1210. The van der Waals surface area contributed by atoms with E-state index >= 15 is 0 Å². The van der Waals surface area contributed by atoms with Gasteiger partial charge in [-0.25, -0.2) is 14.2 Å². The zero-order valence-electron chi connectivity index (χ0n) is 16.3. The molecule has 0 bridgehead atoms. The van der Waals surface area contributed by atoms with E-state index in [9.17, 15) is 4.79 Å². The molecule has 0 aliphatic carbocycles. The normalized spacial score (nSPS) is 11.2. The topological polar surface area (TPSA) is 90.0 Å². The van der Waals surface area contributed by atoms with Crippen LogP contribution in [0.4, 0.5) is 5.82 Å². The third-order valence-corrected chi connectivity index (χ3v) is 5.24. The standard InChI is InChI=1S/C20H20BrN7O/c1-12-9-18(28(26-12)16-6-4-5-15(21)10-16)25-19(29)8-7-17-13(2)24-20-22-11-23-27(20)14(17)3/h4-6,9-11H,7-8H2,1-3H3,(H,25,29). The molecule has 1 aromatic carbocycles. The first kappa shape index (κ1) is 19.3. The highest BCUT2D eigenvalue weighted by Gasteiger charge is 2.15. The van der Waals surface area contributed by atoms with E-state index in [-0.39, 0.29) is 5.91 Å². The Hall–Kier alpha value is -3.07. The molecule has 9 heteroatoms. The number of aryl methyl sites for hydroxylation is 3. The van der Waals surface area contributed by atoms with Crippen molar-refractivity contribution in [2.24, 2.45) is 0 Å². The van der Waals surface area contributed by atoms with Crippen LogP contribution in [0.5, 0.6) is 0 Å². The van der Waals surface area contributed by atoms with Crippen LogP contribution in [0.2, 0.25) is 0 Å². The summed E-state index contributed by atoms with van der Waals surface area (Å²) in [6, 6.07) is 9.63. The van der Waals surface area contributed by atoms with E-state index in [1.165, 1.54) is 6.33 Å². The largest absolute Gasteiger partial charge is 0.311 e. The number of halogens is 1. The monoisotopic (exact) mass is 453 g/mol. The third-order valence-electron chi connectivity index (χ3n) is 4.74. The minimum Gasteiger partial charge on any atom is -0.311 e. The molecular weight excluding hydrogens is 434 g/mol. The Morgan fingerprint density at radius 1 is 1.21 bits per heavy atom. The summed E-state index contributed by atoms with van der Waals surface area (Å²) in [7, 11) is 0. The summed E-state index contributed by atoms with van der Waals surface area (Å²) in [6.07, 6.45) is 2.37. The number of benzene rings is 1. The average molecular weight is 454 g/mol. The van der Waals surface area contributed by atoms with Crippen molar-refractivity contribution >= 4 is 33.4 Å². The van der Waals surface area contributed by atoms with Gasteiger partial charge in [0.05, 0.1) is 11.4 Å². The SMILES string of the molecule is Cc1cc(NC(=O)CCc2c(C)nc3ncnn3c2C)n(-c2cccc(Br)c2)n1. The molecule has 1 amide bonds. The van der Waals surface area contributed by atoms with Crippen molar-refractivity contribution in [1.29, 1.82) is 0 Å². The van der Waals surface area contributed by atoms with Gasteiger partial charge in [-0.1, -0.05) is 22.0 Å². The molecule has 0 atom stereocenters.